The molecule has 1 aliphatic heterocycles. The molecule has 0 bridgehead atoms. The number of amides is 1. The minimum absolute atomic E-state index is 0.0392. The van der Waals surface area contributed by atoms with Gasteiger partial charge in [0.25, 0.3) is 5.91 Å². The van der Waals surface area contributed by atoms with Crippen molar-refractivity contribution in [3.63, 3.8) is 0 Å². The van der Waals surface area contributed by atoms with Gasteiger partial charge in [-0.2, -0.15) is 0 Å². The molecule has 5 nitrogen and oxygen atoms in total. The van der Waals surface area contributed by atoms with Gasteiger partial charge in [0.05, 0.1) is 13.2 Å². The zero-order chi connectivity index (χ0) is 14.2. The Labute approximate surface area is 122 Å². The van der Waals surface area contributed by atoms with Gasteiger partial charge in [0, 0.05) is 6.04 Å². The van der Waals surface area contributed by atoms with Crippen LogP contribution in [0.4, 0.5) is 0 Å². The molecule has 4 N–H and O–H groups in total. The summed E-state index contributed by atoms with van der Waals surface area (Å²) in [5.41, 5.74) is 0. The second-order valence-electron chi connectivity index (χ2n) is 6.27. The van der Waals surface area contributed by atoms with Crippen LogP contribution in [0.15, 0.2) is 0 Å². The summed E-state index contributed by atoms with van der Waals surface area (Å²) in [7, 11) is 0. The standard InChI is InChI=1S/C15H29N3O2/c1-13(15(19)17-14-5-3-2-4-6-14)16-7-8-18-9-11-20-12-10-18/h13-14,16H,2-12H2,1H3,(H,17,19)/p+2/t13-/m1/s1. The first-order chi connectivity index (χ1) is 9.75. The molecular weight excluding hydrogens is 254 g/mol. The van der Waals surface area contributed by atoms with Crippen LogP contribution in [0.2, 0.25) is 0 Å². The molecule has 20 heavy (non-hydrogen) atoms. The molecule has 2 fully saturated rings. The van der Waals surface area contributed by atoms with Crippen molar-refractivity contribution in [2.75, 3.05) is 39.4 Å². The average molecular weight is 285 g/mol. The molecular formula is C15H31N3O2+2. The Morgan fingerprint density at radius 3 is 2.70 bits per heavy atom. The fraction of sp³-hybridized carbons (Fsp3) is 0.933. The van der Waals surface area contributed by atoms with Crippen molar-refractivity contribution >= 4 is 5.91 Å². The second-order valence-corrected chi connectivity index (χ2v) is 6.27. The monoisotopic (exact) mass is 285 g/mol. The topological polar surface area (TPSA) is 59.4 Å². The molecule has 2 aliphatic rings. The van der Waals surface area contributed by atoms with Crippen molar-refractivity contribution in [1.29, 1.82) is 0 Å². The van der Waals surface area contributed by atoms with E-state index < -0.39 is 0 Å². The summed E-state index contributed by atoms with van der Waals surface area (Å²) in [6.07, 6.45) is 6.19. The van der Waals surface area contributed by atoms with Gasteiger partial charge >= 0.3 is 0 Å². The van der Waals surface area contributed by atoms with E-state index in [9.17, 15) is 4.79 Å². The Morgan fingerprint density at radius 2 is 2.00 bits per heavy atom. The van der Waals surface area contributed by atoms with E-state index >= 15 is 0 Å². The number of carbonyl (C=O) groups excluding carboxylic acids is 1. The number of hydrogen-bond acceptors (Lipinski definition) is 2. The molecule has 5 heteroatoms. The highest BCUT2D eigenvalue weighted by molar-refractivity contribution is 5.80. The Balaban J connectivity index is 1.58. The largest absolute Gasteiger partial charge is 0.370 e. The molecule has 1 aliphatic carbocycles. The average Bonchev–Trinajstić information content (AvgIpc) is 2.49. The summed E-state index contributed by atoms with van der Waals surface area (Å²) in [6, 6.07) is 0.467. The van der Waals surface area contributed by atoms with E-state index in [4.69, 9.17) is 4.74 Å². The van der Waals surface area contributed by atoms with Crippen LogP contribution in [-0.4, -0.2) is 57.4 Å². The van der Waals surface area contributed by atoms with Crippen LogP contribution in [0.3, 0.4) is 0 Å². The van der Waals surface area contributed by atoms with Crippen LogP contribution in [0, 0.1) is 0 Å². The summed E-state index contributed by atoms with van der Waals surface area (Å²) < 4.78 is 5.35. The zero-order valence-corrected chi connectivity index (χ0v) is 12.8. The van der Waals surface area contributed by atoms with Crippen molar-refractivity contribution < 1.29 is 19.7 Å². The summed E-state index contributed by atoms with van der Waals surface area (Å²) >= 11 is 0. The number of nitrogens with one attached hydrogen (secondary N) is 2. The number of hydrogen-bond donors (Lipinski definition) is 3. The Hall–Kier alpha value is -0.650. The van der Waals surface area contributed by atoms with Gasteiger partial charge in [0.2, 0.25) is 0 Å². The van der Waals surface area contributed by atoms with Crippen molar-refractivity contribution in [2.45, 2.75) is 51.1 Å². The summed E-state index contributed by atoms with van der Waals surface area (Å²) in [5, 5.41) is 5.39. The SMILES string of the molecule is C[C@@H]([NH2+]CC[NH+]1CCOCC1)C(=O)NC1CCCCC1. The van der Waals surface area contributed by atoms with E-state index in [1.54, 1.807) is 4.90 Å². The fourth-order valence-corrected chi connectivity index (χ4v) is 3.13. The van der Waals surface area contributed by atoms with Crippen molar-refractivity contribution in [3.8, 4) is 0 Å². The van der Waals surface area contributed by atoms with Crippen molar-refractivity contribution in [2.24, 2.45) is 0 Å². The number of rotatable bonds is 6. The third-order valence-corrected chi connectivity index (χ3v) is 4.58. The zero-order valence-electron chi connectivity index (χ0n) is 12.8. The second kappa shape index (κ2) is 8.60. The van der Waals surface area contributed by atoms with E-state index in [0.29, 0.717) is 6.04 Å². The minimum atomic E-state index is 0.0392. The predicted molar refractivity (Wildman–Crippen MR) is 77.7 cm³/mol. The first-order valence-corrected chi connectivity index (χ1v) is 8.30. The highest BCUT2D eigenvalue weighted by atomic mass is 16.5. The molecule has 2 rings (SSSR count). The van der Waals surface area contributed by atoms with Gasteiger partial charge < -0.3 is 20.3 Å². The van der Waals surface area contributed by atoms with E-state index in [0.717, 1.165) is 52.2 Å². The maximum Gasteiger partial charge on any atom is 0.278 e. The van der Waals surface area contributed by atoms with Gasteiger partial charge in [0.15, 0.2) is 6.04 Å². The first kappa shape index (κ1) is 15.7. The lowest BCUT2D eigenvalue weighted by molar-refractivity contribution is -0.920. The molecule has 1 saturated heterocycles. The fourth-order valence-electron chi connectivity index (χ4n) is 3.13. The van der Waals surface area contributed by atoms with E-state index in [1.165, 1.54) is 19.3 Å². The van der Waals surface area contributed by atoms with Crippen molar-refractivity contribution in [3.05, 3.63) is 0 Å². The van der Waals surface area contributed by atoms with Crippen LogP contribution < -0.4 is 15.5 Å². The predicted octanol–water partition coefficient (Wildman–Crippen LogP) is -1.70. The molecule has 116 valence electrons. The molecule has 0 aromatic rings. The van der Waals surface area contributed by atoms with Gasteiger partial charge in [0.1, 0.15) is 26.2 Å². The number of morpholine rings is 1. The van der Waals surface area contributed by atoms with Gasteiger partial charge in [-0.3, -0.25) is 4.79 Å². The lowest BCUT2D eigenvalue weighted by Gasteiger charge is -2.25. The Morgan fingerprint density at radius 1 is 1.30 bits per heavy atom. The molecule has 1 saturated carbocycles. The quantitative estimate of drug-likeness (QED) is 0.545. The van der Waals surface area contributed by atoms with Crippen LogP contribution in [0.5, 0.6) is 0 Å². The minimum Gasteiger partial charge on any atom is -0.370 e. The highest BCUT2D eigenvalue weighted by Crippen LogP contribution is 2.17. The molecule has 1 heterocycles. The maximum atomic E-state index is 12.1. The smallest absolute Gasteiger partial charge is 0.278 e. The third kappa shape index (κ3) is 5.38. The number of carbonyl (C=O) groups is 1. The number of ether oxygens (including phenoxy) is 1. The molecule has 1 amide bonds. The maximum absolute atomic E-state index is 12.1. The summed E-state index contributed by atoms with van der Waals surface area (Å²) in [6.45, 7) is 8.15. The van der Waals surface area contributed by atoms with E-state index in [2.05, 4.69) is 10.6 Å². The van der Waals surface area contributed by atoms with Gasteiger partial charge in [-0.05, 0) is 19.8 Å². The first-order valence-electron chi connectivity index (χ1n) is 8.30. The summed E-state index contributed by atoms with van der Waals surface area (Å²) in [4.78, 5) is 13.7. The molecule has 0 aromatic heterocycles. The van der Waals surface area contributed by atoms with E-state index in [-0.39, 0.29) is 11.9 Å². The normalized spacial score (nSPS) is 23.4. The lowest BCUT2D eigenvalue weighted by Crippen LogP contribution is -3.16. The number of nitrogens with two attached hydrogens (primary N) is 1. The van der Waals surface area contributed by atoms with Crippen LogP contribution in [0.1, 0.15) is 39.0 Å². The van der Waals surface area contributed by atoms with Crippen LogP contribution in [-0.2, 0) is 9.53 Å². The highest BCUT2D eigenvalue weighted by Gasteiger charge is 2.22. The van der Waals surface area contributed by atoms with Crippen LogP contribution >= 0.6 is 0 Å². The van der Waals surface area contributed by atoms with Gasteiger partial charge in [-0.15, -0.1) is 0 Å². The Kier molecular flexibility index (Phi) is 6.76. The van der Waals surface area contributed by atoms with Crippen molar-refractivity contribution in [1.82, 2.24) is 5.32 Å². The Bertz CT molecular complexity index is 287. The summed E-state index contributed by atoms with van der Waals surface area (Å²) in [5.74, 6) is 0.217. The van der Waals surface area contributed by atoms with Gasteiger partial charge in [-0.25, -0.2) is 0 Å². The molecule has 0 aromatic carbocycles. The molecule has 1 atom stereocenters. The lowest BCUT2D eigenvalue weighted by atomic mass is 9.95. The molecule has 0 unspecified atom stereocenters. The molecule has 0 spiro atoms. The number of quaternary nitrogens is 2. The van der Waals surface area contributed by atoms with Crippen LogP contribution in [0.25, 0.3) is 0 Å². The molecule has 0 radical (unpaired) electrons. The van der Waals surface area contributed by atoms with Gasteiger partial charge in [-0.1, -0.05) is 19.3 Å². The third-order valence-electron chi connectivity index (χ3n) is 4.58. The van der Waals surface area contributed by atoms with E-state index in [1.807, 2.05) is 6.92 Å².